The fraction of sp³-hybridized carbons (Fsp3) is 0.474. The first-order chi connectivity index (χ1) is 13.9. The fourth-order valence-electron chi connectivity index (χ4n) is 3.62. The van der Waals surface area contributed by atoms with E-state index < -0.39 is 0 Å². The van der Waals surface area contributed by atoms with E-state index in [-0.39, 0.29) is 9.65 Å². The number of piperidine rings is 1. The van der Waals surface area contributed by atoms with Crippen LogP contribution in [-0.4, -0.2) is 42.5 Å². The minimum absolute atomic E-state index is 0.0475. The quantitative estimate of drug-likeness (QED) is 0.290. The van der Waals surface area contributed by atoms with Gasteiger partial charge in [0.15, 0.2) is 5.65 Å². The molecule has 0 radical (unpaired) electrons. The van der Waals surface area contributed by atoms with Gasteiger partial charge in [0.2, 0.25) is 0 Å². The molecule has 4 heterocycles. The van der Waals surface area contributed by atoms with Gasteiger partial charge in [-0.05, 0) is 18.8 Å². The Balaban J connectivity index is 1.98. The Labute approximate surface area is 196 Å². The molecule has 0 N–H and O–H groups in total. The van der Waals surface area contributed by atoms with E-state index in [9.17, 15) is 0 Å². The zero-order valence-corrected chi connectivity index (χ0v) is 20.7. The van der Waals surface area contributed by atoms with Gasteiger partial charge in [0.25, 0.3) is 0 Å². The summed E-state index contributed by atoms with van der Waals surface area (Å²) in [6.45, 7) is 6.18. The Morgan fingerprint density at radius 1 is 1.17 bits per heavy atom. The van der Waals surface area contributed by atoms with Crippen LogP contribution in [0.2, 0.25) is 10.2 Å². The van der Waals surface area contributed by atoms with Crippen molar-refractivity contribution in [3.63, 3.8) is 0 Å². The van der Waals surface area contributed by atoms with Gasteiger partial charge in [0.1, 0.15) is 17.3 Å². The molecule has 0 aromatic carbocycles. The molecule has 1 saturated heterocycles. The molecule has 2 unspecified atom stereocenters. The highest BCUT2D eigenvalue weighted by Crippen LogP contribution is 2.42. The van der Waals surface area contributed by atoms with Gasteiger partial charge in [0, 0.05) is 29.7 Å². The van der Waals surface area contributed by atoms with Crippen LogP contribution in [0.4, 0.5) is 5.82 Å². The molecule has 154 valence electrons. The summed E-state index contributed by atoms with van der Waals surface area (Å²) in [6.07, 6.45) is 7.09. The summed E-state index contributed by atoms with van der Waals surface area (Å²) in [5.74, 6) is 1.57. The van der Waals surface area contributed by atoms with Crippen LogP contribution in [-0.2, 0) is 0 Å². The van der Waals surface area contributed by atoms with Crippen molar-refractivity contribution in [3.8, 4) is 11.3 Å². The molecule has 1 aliphatic heterocycles. The molecule has 0 aliphatic carbocycles. The van der Waals surface area contributed by atoms with Crippen LogP contribution < -0.4 is 4.90 Å². The topological polar surface area (TPSA) is 59.2 Å². The van der Waals surface area contributed by atoms with Crippen LogP contribution in [0.15, 0.2) is 18.7 Å². The van der Waals surface area contributed by atoms with Crippen molar-refractivity contribution in [1.29, 1.82) is 0 Å². The summed E-state index contributed by atoms with van der Waals surface area (Å²) in [4.78, 5) is 15.7. The van der Waals surface area contributed by atoms with Crippen LogP contribution in [0, 0.1) is 5.92 Å². The second-order valence-electron chi connectivity index (χ2n) is 7.40. The number of rotatable bonds is 4. The number of fused-ring (bicyclic) bond motifs is 1. The number of alkyl halides is 2. The van der Waals surface area contributed by atoms with E-state index in [1.54, 1.807) is 6.20 Å². The van der Waals surface area contributed by atoms with E-state index in [0.717, 1.165) is 43.0 Å². The smallest absolute Gasteiger partial charge is 0.163 e. The Hall–Kier alpha value is -0.960. The Kier molecular flexibility index (Phi) is 6.35. The number of nitrogens with zero attached hydrogens (tertiary/aromatic N) is 6. The maximum absolute atomic E-state index is 6.75. The third-order valence-electron chi connectivity index (χ3n) is 5.29. The van der Waals surface area contributed by atoms with Crippen molar-refractivity contribution in [1.82, 2.24) is 24.6 Å². The molecule has 0 bridgehead atoms. The molecule has 1 aliphatic rings. The highest BCUT2D eigenvalue weighted by Gasteiger charge is 2.29. The normalized spacial score (nSPS) is 17.7. The molecular weight excluding hydrogens is 543 g/mol. The van der Waals surface area contributed by atoms with Gasteiger partial charge in [0.05, 0.1) is 27.3 Å². The number of halogens is 4. The van der Waals surface area contributed by atoms with Gasteiger partial charge in [-0.3, -0.25) is 0 Å². The highest BCUT2D eigenvalue weighted by atomic mass is 79.9. The first kappa shape index (κ1) is 21.3. The Morgan fingerprint density at radius 3 is 2.55 bits per heavy atom. The van der Waals surface area contributed by atoms with Crippen molar-refractivity contribution in [2.75, 3.05) is 18.0 Å². The van der Waals surface area contributed by atoms with Gasteiger partial charge in [-0.1, -0.05) is 68.9 Å². The zero-order valence-electron chi connectivity index (χ0n) is 16.0. The van der Waals surface area contributed by atoms with E-state index in [2.05, 4.69) is 65.7 Å². The van der Waals surface area contributed by atoms with Gasteiger partial charge in [-0.2, -0.15) is 9.61 Å². The van der Waals surface area contributed by atoms with Crippen LogP contribution in [0.1, 0.15) is 37.1 Å². The van der Waals surface area contributed by atoms with Crippen molar-refractivity contribution < 1.29 is 0 Å². The average Bonchev–Trinajstić information content (AvgIpc) is 3.11. The molecule has 1 fully saturated rings. The number of hydrogen-bond acceptors (Lipinski definition) is 5. The maximum Gasteiger partial charge on any atom is 0.163 e. The van der Waals surface area contributed by atoms with E-state index >= 15 is 0 Å². The van der Waals surface area contributed by atoms with Gasteiger partial charge >= 0.3 is 0 Å². The molecule has 3 aromatic rings. The van der Waals surface area contributed by atoms with Gasteiger partial charge < -0.3 is 4.90 Å². The number of hydrogen-bond donors (Lipinski definition) is 0. The molecular formula is C19H20Br2Cl2N6. The van der Waals surface area contributed by atoms with E-state index in [1.165, 1.54) is 6.33 Å². The standard InChI is InChI=1S/C19H20Br2Cl2N6/c1-10-3-5-28(6-4-10)19-14(16-13(22)8-24-9-25-16)17(23)27-18-12(7-26-29(18)19)15(21)11(2)20/h7-11,15H,3-6H2,1-2H3. The summed E-state index contributed by atoms with van der Waals surface area (Å²) in [7, 11) is 0. The molecule has 2 atom stereocenters. The lowest BCUT2D eigenvalue weighted by atomic mass is 9.99. The van der Waals surface area contributed by atoms with E-state index in [4.69, 9.17) is 28.2 Å². The first-order valence-corrected chi connectivity index (χ1v) is 12.0. The summed E-state index contributed by atoms with van der Waals surface area (Å²) < 4.78 is 1.87. The third kappa shape index (κ3) is 4.01. The second-order valence-corrected chi connectivity index (χ2v) is 10.6. The van der Waals surface area contributed by atoms with Crippen molar-refractivity contribution in [2.24, 2.45) is 5.92 Å². The van der Waals surface area contributed by atoms with E-state index in [1.807, 2.05) is 10.7 Å². The van der Waals surface area contributed by atoms with Crippen molar-refractivity contribution in [3.05, 3.63) is 34.5 Å². The molecule has 29 heavy (non-hydrogen) atoms. The fourth-order valence-corrected chi connectivity index (χ4v) is 4.68. The number of aromatic nitrogens is 5. The minimum Gasteiger partial charge on any atom is -0.356 e. The number of anilines is 1. The molecule has 0 amide bonds. The minimum atomic E-state index is 0.0475. The monoisotopic (exact) mass is 560 g/mol. The Bertz CT molecular complexity index is 1030. The molecule has 6 nitrogen and oxygen atoms in total. The summed E-state index contributed by atoms with van der Waals surface area (Å²) in [5.41, 5.74) is 2.96. The molecule has 0 spiro atoms. The van der Waals surface area contributed by atoms with Crippen LogP contribution in [0.25, 0.3) is 16.9 Å². The van der Waals surface area contributed by atoms with Crippen molar-refractivity contribution >= 4 is 66.5 Å². The first-order valence-electron chi connectivity index (χ1n) is 9.44. The van der Waals surface area contributed by atoms with Crippen LogP contribution in [0.5, 0.6) is 0 Å². The van der Waals surface area contributed by atoms with Crippen molar-refractivity contribution in [2.45, 2.75) is 36.3 Å². The largest absolute Gasteiger partial charge is 0.356 e. The third-order valence-corrected chi connectivity index (χ3v) is 8.37. The predicted octanol–water partition coefficient (Wildman–Crippen LogP) is 5.95. The SMILES string of the molecule is CC1CCN(c2c(-c3ncncc3Cl)c(Cl)nc3c(C(Br)C(C)Br)cnn23)CC1. The van der Waals surface area contributed by atoms with Crippen LogP contribution in [0.3, 0.4) is 0 Å². The summed E-state index contributed by atoms with van der Waals surface area (Å²) in [6, 6.07) is 0. The average molecular weight is 563 g/mol. The van der Waals surface area contributed by atoms with Gasteiger partial charge in [-0.25, -0.2) is 15.0 Å². The highest BCUT2D eigenvalue weighted by molar-refractivity contribution is 9.12. The molecule has 0 saturated carbocycles. The molecule has 4 rings (SSSR count). The second kappa shape index (κ2) is 8.65. The molecule has 3 aromatic heterocycles. The summed E-state index contributed by atoms with van der Waals surface area (Å²) >= 11 is 20.6. The van der Waals surface area contributed by atoms with Gasteiger partial charge in [-0.15, -0.1) is 0 Å². The maximum atomic E-state index is 6.75. The lowest BCUT2D eigenvalue weighted by molar-refractivity contribution is 0.435. The molecule has 10 heteroatoms. The zero-order chi connectivity index (χ0) is 20.7. The lowest BCUT2D eigenvalue weighted by Gasteiger charge is -2.33. The summed E-state index contributed by atoms with van der Waals surface area (Å²) in [5, 5.41) is 5.48. The predicted molar refractivity (Wildman–Crippen MR) is 125 cm³/mol. The van der Waals surface area contributed by atoms with E-state index in [0.29, 0.717) is 27.4 Å². The van der Waals surface area contributed by atoms with Crippen LogP contribution >= 0.6 is 55.1 Å². The lowest BCUT2D eigenvalue weighted by Crippen LogP contribution is -2.35. The Morgan fingerprint density at radius 2 is 1.90 bits per heavy atom.